The summed E-state index contributed by atoms with van der Waals surface area (Å²) in [7, 11) is 0. The first-order chi connectivity index (χ1) is 16.9. The van der Waals surface area contributed by atoms with Gasteiger partial charge in [0.15, 0.2) is 0 Å². The normalized spacial score (nSPS) is 13.4. The van der Waals surface area contributed by atoms with Crippen LogP contribution in [0.3, 0.4) is 0 Å². The van der Waals surface area contributed by atoms with E-state index < -0.39 is 17.8 Å². The minimum Gasteiger partial charge on any atom is -0.462 e. The largest absolute Gasteiger partial charge is 0.462 e. The van der Waals surface area contributed by atoms with Gasteiger partial charge in [-0.3, -0.25) is 9.59 Å². The van der Waals surface area contributed by atoms with Gasteiger partial charge in [-0.1, -0.05) is 64.4 Å². The van der Waals surface area contributed by atoms with Gasteiger partial charge in [-0.15, -0.1) is 0 Å². The van der Waals surface area contributed by atoms with E-state index in [0.717, 1.165) is 19.8 Å². The van der Waals surface area contributed by atoms with E-state index in [4.69, 9.17) is 4.74 Å². The van der Waals surface area contributed by atoms with Crippen molar-refractivity contribution in [3.8, 4) is 0 Å². The molecule has 3 aromatic rings. The number of rotatable bonds is 8. The van der Waals surface area contributed by atoms with E-state index in [0.29, 0.717) is 12.1 Å². The van der Waals surface area contributed by atoms with Crippen molar-refractivity contribution in [2.75, 3.05) is 16.8 Å². The molecule has 4 rings (SSSR count). The number of amides is 2. The maximum absolute atomic E-state index is 13.7. The molecule has 6 nitrogen and oxygen atoms in total. The van der Waals surface area contributed by atoms with E-state index >= 15 is 0 Å². The van der Waals surface area contributed by atoms with Crippen LogP contribution >= 0.6 is 27.7 Å². The Hall–Kier alpha value is -3.36. The number of nitrogens with one attached hydrogen (secondary N) is 1. The summed E-state index contributed by atoms with van der Waals surface area (Å²) in [4.78, 5) is 42.1. The molecule has 0 saturated carbocycles. The second kappa shape index (κ2) is 10.9. The third-order valence-electron chi connectivity index (χ3n) is 5.20. The lowest BCUT2D eigenvalue weighted by atomic mass is 10.1. The van der Waals surface area contributed by atoms with Crippen molar-refractivity contribution in [3.63, 3.8) is 0 Å². The number of imide groups is 1. The van der Waals surface area contributed by atoms with Crippen molar-refractivity contribution in [1.82, 2.24) is 0 Å². The van der Waals surface area contributed by atoms with Crippen LogP contribution in [-0.4, -0.2) is 24.4 Å². The average molecular weight is 551 g/mol. The molecule has 0 fully saturated rings. The number of carbonyl (C=O) groups excluding carboxylic acids is 3. The minimum absolute atomic E-state index is 0.152. The molecule has 0 saturated heterocycles. The fourth-order valence-electron chi connectivity index (χ4n) is 3.45. The van der Waals surface area contributed by atoms with Gasteiger partial charge in [-0.2, -0.15) is 0 Å². The number of halogens is 1. The van der Waals surface area contributed by atoms with Crippen molar-refractivity contribution in [1.29, 1.82) is 0 Å². The predicted octanol–water partition coefficient (Wildman–Crippen LogP) is 6.31. The SMILES string of the molecule is CCCOC(=O)c1ccccc1N1C(=O)C(Nc2ccc(Br)cc2)=C(Sc2ccc(C)cc2)C1=O. The summed E-state index contributed by atoms with van der Waals surface area (Å²) in [5.41, 5.74) is 2.25. The fraction of sp³-hybridized carbons (Fsp3) is 0.148. The molecule has 0 radical (unpaired) electrons. The molecule has 1 N–H and O–H groups in total. The molecular formula is C27H23BrN2O4S. The lowest BCUT2D eigenvalue weighted by Gasteiger charge is -2.18. The molecule has 1 aliphatic heterocycles. The van der Waals surface area contributed by atoms with Gasteiger partial charge in [0.1, 0.15) is 10.6 Å². The molecule has 1 aliphatic rings. The number of hydrogen-bond donors (Lipinski definition) is 1. The zero-order valence-electron chi connectivity index (χ0n) is 19.2. The lowest BCUT2D eigenvalue weighted by molar-refractivity contribution is -0.120. The van der Waals surface area contributed by atoms with Crippen LogP contribution < -0.4 is 10.2 Å². The number of thioether (sulfide) groups is 1. The number of nitrogens with zero attached hydrogens (tertiary/aromatic N) is 1. The monoisotopic (exact) mass is 550 g/mol. The highest BCUT2D eigenvalue weighted by Crippen LogP contribution is 2.39. The summed E-state index contributed by atoms with van der Waals surface area (Å²) in [5, 5.41) is 3.12. The molecule has 3 aromatic carbocycles. The third-order valence-corrected chi connectivity index (χ3v) is 6.82. The van der Waals surface area contributed by atoms with Crippen molar-refractivity contribution in [2.45, 2.75) is 25.2 Å². The quantitative estimate of drug-likeness (QED) is 0.261. The van der Waals surface area contributed by atoms with Crippen LogP contribution in [0.4, 0.5) is 11.4 Å². The van der Waals surface area contributed by atoms with Gasteiger partial charge in [0.2, 0.25) is 0 Å². The molecule has 0 spiro atoms. The van der Waals surface area contributed by atoms with Gasteiger partial charge >= 0.3 is 5.97 Å². The van der Waals surface area contributed by atoms with E-state index in [-0.39, 0.29) is 28.5 Å². The molecule has 0 atom stereocenters. The standard InChI is InChI=1S/C27H23BrN2O4S/c1-3-16-34-27(33)21-6-4-5-7-22(21)30-25(31)23(29-19-12-10-18(28)11-13-19)24(26(30)32)35-20-14-8-17(2)9-15-20/h4-15,29H,3,16H2,1-2H3. The summed E-state index contributed by atoms with van der Waals surface area (Å²) in [6.07, 6.45) is 0.662. The zero-order chi connectivity index (χ0) is 24.9. The Bertz CT molecular complexity index is 1230. The van der Waals surface area contributed by atoms with Crippen molar-refractivity contribution >= 4 is 56.9 Å². The molecular weight excluding hydrogens is 528 g/mol. The Balaban J connectivity index is 1.74. The Morgan fingerprint density at radius 1 is 0.971 bits per heavy atom. The van der Waals surface area contributed by atoms with Crippen molar-refractivity contribution in [3.05, 3.63) is 99.0 Å². The van der Waals surface area contributed by atoms with Gasteiger partial charge in [0.25, 0.3) is 11.8 Å². The van der Waals surface area contributed by atoms with Crippen molar-refractivity contribution < 1.29 is 19.1 Å². The summed E-state index contributed by atoms with van der Waals surface area (Å²) < 4.78 is 6.18. The molecule has 1 heterocycles. The molecule has 0 bridgehead atoms. The minimum atomic E-state index is -0.579. The smallest absolute Gasteiger partial charge is 0.340 e. The van der Waals surface area contributed by atoms with Crippen molar-refractivity contribution in [2.24, 2.45) is 0 Å². The Kier molecular flexibility index (Phi) is 7.73. The van der Waals surface area contributed by atoms with Crippen LogP contribution in [0.5, 0.6) is 0 Å². The van der Waals surface area contributed by atoms with Gasteiger partial charge in [0, 0.05) is 15.1 Å². The Labute approximate surface area is 216 Å². The number of anilines is 2. The highest BCUT2D eigenvalue weighted by atomic mass is 79.9. The van der Waals surface area contributed by atoms with E-state index in [1.54, 1.807) is 24.3 Å². The summed E-state index contributed by atoms with van der Waals surface area (Å²) in [6.45, 7) is 4.12. The predicted molar refractivity (Wildman–Crippen MR) is 141 cm³/mol. The molecule has 8 heteroatoms. The van der Waals surface area contributed by atoms with Crippen LogP contribution in [0.1, 0.15) is 29.3 Å². The van der Waals surface area contributed by atoms with Crippen LogP contribution in [0.15, 0.2) is 92.8 Å². The molecule has 0 aliphatic carbocycles. The fourth-order valence-corrected chi connectivity index (χ4v) is 4.64. The second-order valence-electron chi connectivity index (χ2n) is 7.85. The first-order valence-electron chi connectivity index (χ1n) is 11.1. The second-order valence-corrected chi connectivity index (χ2v) is 9.85. The first-order valence-corrected chi connectivity index (χ1v) is 12.7. The van der Waals surface area contributed by atoms with Gasteiger partial charge < -0.3 is 10.1 Å². The van der Waals surface area contributed by atoms with Gasteiger partial charge in [0.05, 0.1) is 17.9 Å². The molecule has 2 amide bonds. The van der Waals surface area contributed by atoms with E-state index in [1.807, 2.05) is 62.4 Å². The third kappa shape index (κ3) is 5.49. The van der Waals surface area contributed by atoms with Crippen LogP contribution in [0.25, 0.3) is 0 Å². The Morgan fingerprint density at radius 2 is 1.66 bits per heavy atom. The maximum Gasteiger partial charge on any atom is 0.340 e. The van der Waals surface area contributed by atoms with Crippen LogP contribution in [0.2, 0.25) is 0 Å². The van der Waals surface area contributed by atoms with E-state index in [1.165, 1.54) is 11.8 Å². The number of aryl methyl sites for hydroxylation is 1. The zero-order valence-corrected chi connectivity index (χ0v) is 21.6. The van der Waals surface area contributed by atoms with E-state index in [2.05, 4.69) is 21.2 Å². The number of carbonyl (C=O) groups is 3. The summed E-state index contributed by atoms with van der Waals surface area (Å²) in [6, 6.07) is 21.5. The number of para-hydroxylation sites is 1. The maximum atomic E-state index is 13.7. The topological polar surface area (TPSA) is 75.7 Å². The first kappa shape index (κ1) is 24.8. The number of ether oxygens (including phenoxy) is 1. The Morgan fingerprint density at radius 3 is 2.34 bits per heavy atom. The van der Waals surface area contributed by atoms with Gasteiger partial charge in [-0.05, 0) is 61.9 Å². The number of esters is 1. The van der Waals surface area contributed by atoms with Crippen LogP contribution in [-0.2, 0) is 14.3 Å². The molecule has 0 aromatic heterocycles. The summed E-state index contributed by atoms with van der Waals surface area (Å²) in [5.74, 6) is -1.62. The summed E-state index contributed by atoms with van der Waals surface area (Å²) >= 11 is 4.61. The number of benzene rings is 3. The molecule has 178 valence electrons. The van der Waals surface area contributed by atoms with Crippen LogP contribution in [0, 0.1) is 6.92 Å². The number of hydrogen-bond acceptors (Lipinski definition) is 6. The van der Waals surface area contributed by atoms with E-state index in [9.17, 15) is 14.4 Å². The average Bonchev–Trinajstić information content (AvgIpc) is 3.09. The molecule has 0 unspecified atom stereocenters. The highest BCUT2D eigenvalue weighted by molar-refractivity contribution is 9.10. The lowest BCUT2D eigenvalue weighted by Crippen LogP contribution is -2.33. The highest BCUT2D eigenvalue weighted by Gasteiger charge is 2.41. The van der Waals surface area contributed by atoms with Gasteiger partial charge in [-0.25, -0.2) is 9.69 Å². The molecule has 35 heavy (non-hydrogen) atoms.